The van der Waals surface area contributed by atoms with E-state index in [9.17, 15) is 14.4 Å². The molecular formula is C3H2NaO5. The second-order valence-electron chi connectivity index (χ2n) is 0.939. The van der Waals surface area contributed by atoms with E-state index in [2.05, 4.69) is 0 Å². The van der Waals surface area contributed by atoms with Crippen LogP contribution in [0.5, 0.6) is 0 Å². The van der Waals surface area contributed by atoms with Crippen molar-refractivity contribution >= 4 is 47.3 Å². The van der Waals surface area contributed by atoms with Crippen LogP contribution < -0.4 is 0 Å². The molecule has 2 N–H and O–H groups in total. The molecule has 6 heteroatoms. The SMILES string of the molecule is O=C(O)C(=O)C(=O)O.[Na]. The van der Waals surface area contributed by atoms with E-state index >= 15 is 0 Å². The smallest absolute Gasteiger partial charge is 0.384 e. The molecule has 0 aliphatic rings. The molecule has 9 heavy (non-hydrogen) atoms. The average molecular weight is 141 g/mol. The van der Waals surface area contributed by atoms with Crippen LogP contribution in [-0.4, -0.2) is 57.5 Å². The Morgan fingerprint density at radius 1 is 0.889 bits per heavy atom. The number of hydrogen-bond donors (Lipinski definition) is 2. The topological polar surface area (TPSA) is 91.7 Å². The zero-order chi connectivity index (χ0) is 6.73. The monoisotopic (exact) mass is 141 g/mol. The molecule has 1 radical (unpaired) electrons. The van der Waals surface area contributed by atoms with E-state index in [1.54, 1.807) is 0 Å². The van der Waals surface area contributed by atoms with Gasteiger partial charge in [-0.05, 0) is 0 Å². The second-order valence-corrected chi connectivity index (χ2v) is 0.939. The zero-order valence-corrected chi connectivity index (χ0v) is 6.62. The summed E-state index contributed by atoms with van der Waals surface area (Å²) in [5, 5.41) is 15.2. The van der Waals surface area contributed by atoms with Crippen molar-refractivity contribution in [2.75, 3.05) is 0 Å². The van der Waals surface area contributed by atoms with Crippen molar-refractivity contribution < 1.29 is 24.6 Å². The normalized spacial score (nSPS) is 7.11. The Labute approximate surface area is 72.0 Å². The summed E-state index contributed by atoms with van der Waals surface area (Å²) in [6.45, 7) is 0. The van der Waals surface area contributed by atoms with Gasteiger partial charge in [0.2, 0.25) is 0 Å². The number of carbonyl (C=O) groups excluding carboxylic acids is 1. The number of carboxylic acids is 2. The minimum Gasteiger partial charge on any atom is -0.475 e. The maximum Gasteiger partial charge on any atom is 0.384 e. The molecule has 0 amide bonds. The Hall–Kier alpha value is -0.390. The van der Waals surface area contributed by atoms with Crippen LogP contribution in [0.2, 0.25) is 0 Å². The van der Waals surface area contributed by atoms with Crippen molar-refractivity contribution in [1.82, 2.24) is 0 Å². The molecule has 0 aromatic heterocycles. The van der Waals surface area contributed by atoms with Gasteiger partial charge >= 0.3 is 17.7 Å². The third-order valence-electron chi connectivity index (χ3n) is 0.388. The van der Waals surface area contributed by atoms with Gasteiger partial charge in [-0.2, -0.15) is 0 Å². The molecule has 0 saturated carbocycles. The third-order valence-corrected chi connectivity index (χ3v) is 0.388. The maximum absolute atomic E-state index is 9.64. The summed E-state index contributed by atoms with van der Waals surface area (Å²) in [4.78, 5) is 28.5. The fourth-order valence-electron chi connectivity index (χ4n) is 0.0915. The van der Waals surface area contributed by atoms with Crippen molar-refractivity contribution in [3.05, 3.63) is 0 Å². The Balaban J connectivity index is 0. The summed E-state index contributed by atoms with van der Waals surface area (Å²) in [5.41, 5.74) is 0. The first-order chi connectivity index (χ1) is 3.55. The fourth-order valence-corrected chi connectivity index (χ4v) is 0.0915. The van der Waals surface area contributed by atoms with Crippen molar-refractivity contribution in [2.24, 2.45) is 0 Å². The fraction of sp³-hybridized carbons (Fsp3) is 0. The van der Waals surface area contributed by atoms with Gasteiger partial charge in [-0.1, -0.05) is 0 Å². The van der Waals surface area contributed by atoms with E-state index in [1.165, 1.54) is 0 Å². The average Bonchev–Trinajstić information content (AvgIpc) is 1.64. The summed E-state index contributed by atoms with van der Waals surface area (Å²) in [7, 11) is 0. The van der Waals surface area contributed by atoms with Crippen LogP contribution in [0.1, 0.15) is 0 Å². The summed E-state index contributed by atoms with van der Waals surface area (Å²) < 4.78 is 0. The first-order valence-corrected chi connectivity index (χ1v) is 1.56. The Morgan fingerprint density at radius 3 is 1.11 bits per heavy atom. The molecule has 0 aromatic rings. The van der Waals surface area contributed by atoms with Gasteiger partial charge in [0.05, 0.1) is 0 Å². The molecule has 0 fully saturated rings. The molecule has 0 aliphatic carbocycles. The molecule has 45 valence electrons. The summed E-state index contributed by atoms with van der Waals surface area (Å²) in [6.07, 6.45) is 0. The standard InChI is InChI=1S/C3H2O5.Na/c4-1(2(5)6)3(7)8;/h(H,5,6)(H,7,8);. The van der Waals surface area contributed by atoms with E-state index < -0.39 is 17.7 Å². The molecule has 0 saturated heterocycles. The van der Waals surface area contributed by atoms with Crippen molar-refractivity contribution in [1.29, 1.82) is 0 Å². The zero-order valence-electron chi connectivity index (χ0n) is 4.62. The van der Waals surface area contributed by atoms with Crippen LogP contribution in [0.4, 0.5) is 0 Å². The number of ketones is 1. The molecule has 0 atom stereocenters. The summed E-state index contributed by atoms with van der Waals surface area (Å²) in [6, 6.07) is 0. The van der Waals surface area contributed by atoms with E-state index in [4.69, 9.17) is 10.2 Å². The summed E-state index contributed by atoms with van der Waals surface area (Å²) >= 11 is 0. The molecule has 0 heterocycles. The van der Waals surface area contributed by atoms with Gasteiger partial charge in [-0.15, -0.1) is 0 Å². The van der Waals surface area contributed by atoms with Crippen LogP contribution >= 0.6 is 0 Å². The van der Waals surface area contributed by atoms with Gasteiger partial charge in [-0.3, -0.25) is 4.79 Å². The molecule has 0 aliphatic heterocycles. The Bertz CT molecular complexity index is 134. The quantitative estimate of drug-likeness (QED) is 0.273. The minimum atomic E-state index is -1.95. The van der Waals surface area contributed by atoms with E-state index in [-0.39, 0.29) is 29.6 Å². The predicted molar refractivity (Wildman–Crippen MR) is 26.0 cm³/mol. The van der Waals surface area contributed by atoms with Crippen LogP contribution in [0.15, 0.2) is 0 Å². The molecular weight excluding hydrogens is 139 g/mol. The molecule has 0 rings (SSSR count). The van der Waals surface area contributed by atoms with Gasteiger partial charge in [0.25, 0.3) is 0 Å². The molecule has 0 aromatic carbocycles. The van der Waals surface area contributed by atoms with Crippen molar-refractivity contribution in [3.8, 4) is 0 Å². The van der Waals surface area contributed by atoms with E-state index in [1.807, 2.05) is 0 Å². The number of carbonyl (C=O) groups is 3. The minimum absolute atomic E-state index is 0. The maximum atomic E-state index is 9.64. The predicted octanol–water partition coefficient (Wildman–Crippen LogP) is -1.66. The molecule has 0 unspecified atom stereocenters. The van der Waals surface area contributed by atoms with Gasteiger partial charge in [0, 0.05) is 29.6 Å². The summed E-state index contributed by atoms with van der Waals surface area (Å²) in [5.74, 6) is -5.71. The van der Waals surface area contributed by atoms with Crippen molar-refractivity contribution in [2.45, 2.75) is 0 Å². The molecule has 0 bridgehead atoms. The third kappa shape index (κ3) is 4.14. The van der Waals surface area contributed by atoms with Crippen LogP contribution in [0.25, 0.3) is 0 Å². The van der Waals surface area contributed by atoms with Gasteiger partial charge in [0.15, 0.2) is 0 Å². The van der Waals surface area contributed by atoms with E-state index in [0.29, 0.717) is 0 Å². The molecule has 5 nitrogen and oxygen atoms in total. The Kier molecular flexibility index (Phi) is 5.69. The van der Waals surface area contributed by atoms with Crippen molar-refractivity contribution in [3.63, 3.8) is 0 Å². The van der Waals surface area contributed by atoms with Gasteiger partial charge < -0.3 is 10.2 Å². The molecule has 0 spiro atoms. The van der Waals surface area contributed by atoms with Crippen LogP contribution in [0.3, 0.4) is 0 Å². The Morgan fingerprint density at radius 2 is 1.11 bits per heavy atom. The number of Topliss-reactive ketones (excluding diaryl/α,β-unsaturated/α-hetero) is 1. The first-order valence-electron chi connectivity index (χ1n) is 1.56. The van der Waals surface area contributed by atoms with Crippen LogP contribution in [-0.2, 0) is 14.4 Å². The van der Waals surface area contributed by atoms with Crippen LogP contribution in [0, 0.1) is 0 Å². The number of aliphatic carboxylic acids is 2. The number of rotatable bonds is 2. The number of carboxylic acid groups (broad SMARTS) is 2. The van der Waals surface area contributed by atoms with Gasteiger partial charge in [-0.25, -0.2) is 9.59 Å². The largest absolute Gasteiger partial charge is 0.475 e. The van der Waals surface area contributed by atoms with Gasteiger partial charge in [0.1, 0.15) is 0 Å². The first kappa shape index (κ1) is 11.4. The number of hydrogen-bond acceptors (Lipinski definition) is 3. The van der Waals surface area contributed by atoms with E-state index in [0.717, 1.165) is 0 Å². The second kappa shape index (κ2) is 4.49.